The summed E-state index contributed by atoms with van der Waals surface area (Å²) in [5, 5.41) is 3.34. The summed E-state index contributed by atoms with van der Waals surface area (Å²) in [5.74, 6) is 0.0476. The van der Waals surface area contributed by atoms with Gasteiger partial charge in [0, 0.05) is 38.3 Å². The monoisotopic (exact) mass is 382 g/mol. The Labute approximate surface area is 135 Å². The molecule has 1 N–H and O–H groups in total. The van der Waals surface area contributed by atoms with Gasteiger partial charge in [0.25, 0.3) is 0 Å². The summed E-state index contributed by atoms with van der Waals surface area (Å²) >= 11 is 3.02. The van der Waals surface area contributed by atoms with Crippen molar-refractivity contribution in [2.45, 2.75) is 19.3 Å². The Kier molecular flexibility index (Phi) is 5.94. The molecule has 124 valence electrons. The fourth-order valence-corrected chi connectivity index (χ4v) is 2.61. The second-order valence-corrected chi connectivity index (χ2v) is 6.00. The first-order valence-corrected chi connectivity index (χ1v) is 7.76. The molecule has 0 spiro atoms. The van der Waals surface area contributed by atoms with Crippen LogP contribution in [0.5, 0.6) is 11.5 Å². The number of nitrogens with one attached hydrogen (secondary N) is 1. The number of hydrogen-bond acceptors (Lipinski definition) is 4. The summed E-state index contributed by atoms with van der Waals surface area (Å²) in [4.78, 5) is 2.26. The summed E-state index contributed by atoms with van der Waals surface area (Å²) in [6.07, 6.45) is -4.72. The van der Waals surface area contributed by atoms with Gasteiger partial charge in [-0.2, -0.15) is 0 Å². The van der Waals surface area contributed by atoms with Crippen LogP contribution in [0.2, 0.25) is 0 Å². The Morgan fingerprint density at radius 3 is 2.86 bits per heavy atom. The van der Waals surface area contributed by atoms with Crippen LogP contribution in [0.1, 0.15) is 6.92 Å². The Morgan fingerprint density at radius 2 is 2.18 bits per heavy atom. The first kappa shape index (κ1) is 17.4. The minimum atomic E-state index is -4.72. The maximum atomic E-state index is 12.3. The molecule has 0 aromatic heterocycles. The van der Waals surface area contributed by atoms with E-state index in [4.69, 9.17) is 4.74 Å². The predicted molar refractivity (Wildman–Crippen MR) is 80.2 cm³/mol. The Morgan fingerprint density at radius 1 is 1.41 bits per heavy atom. The fraction of sp³-hybridized carbons (Fsp3) is 0.571. The zero-order valence-corrected chi connectivity index (χ0v) is 13.7. The summed E-state index contributed by atoms with van der Waals surface area (Å²) in [7, 11) is 0. The number of rotatable bonds is 5. The molecule has 1 aliphatic heterocycles. The van der Waals surface area contributed by atoms with E-state index in [1.807, 2.05) is 0 Å². The molecule has 1 fully saturated rings. The zero-order valence-electron chi connectivity index (χ0n) is 12.1. The SMILES string of the molecule is CC1CN(CCOc2ccc(Br)c(OC(F)(F)F)c2)CCN1. The lowest BCUT2D eigenvalue weighted by molar-refractivity contribution is -0.274. The highest BCUT2D eigenvalue weighted by atomic mass is 79.9. The van der Waals surface area contributed by atoms with Gasteiger partial charge in [0.05, 0.1) is 4.47 Å². The molecule has 4 nitrogen and oxygen atoms in total. The van der Waals surface area contributed by atoms with Crippen molar-refractivity contribution >= 4 is 15.9 Å². The first-order chi connectivity index (χ1) is 10.3. The van der Waals surface area contributed by atoms with E-state index < -0.39 is 6.36 Å². The van der Waals surface area contributed by atoms with E-state index in [1.54, 1.807) is 6.07 Å². The molecule has 0 bridgehead atoms. The average molecular weight is 383 g/mol. The second-order valence-electron chi connectivity index (χ2n) is 5.14. The highest BCUT2D eigenvalue weighted by Crippen LogP contribution is 2.33. The normalized spacial score (nSPS) is 20.0. The van der Waals surface area contributed by atoms with Gasteiger partial charge in [-0.05, 0) is 35.0 Å². The molecule has 1 heterocycles. The molecule has 1 atom stereocenters. The van der Waals surface area contributed by atoms with Gasteiger partial charge in [-0.25, -0.2) is 0 Å². The van der Waals surface area contributed by atoms with E-state index in [9.17, 15) is 13.2 Å². The van der Waals surface area contributed by atoms with E-state index in [0.29, 0.717) is 18.4 Å². The summed E-state index contributed by atoms with van der Waals surface area (Å²) in [5.41, 5.74) is 0. The smallest absolute Gasteiger partial charge is 0.492 e. The third kappa shape index (κ3) is 5.66. The Hall–Kier alpha value is -0.990. The number of nitrogens with zero attached hydrogens (tertiary/aromatic N) is 1. The average Bonchev–Trinajstić information content (AvgIpc) is 2.41. The lowest BCUT2D eigenvalue weighted by atomic mass is 10.2. The molecule has 1 unspecified atom stereocenters. The molecule has 0 amide bonds. The van der Waals surface area contributed by atoms with Gasteiger partial charge in [0.15, 0.2) is 0 Å². The van der Waals surface area contributed by atoms with Gasteiger partial charge < -0.3 is 14.8 Å². The third-order valence-corrected chi connectivity index (χ3v) is 3.91. The van der Waals surface area contributed by atoms with Crippen LogP contribution < -0.4 is 14.8 Å². The topological polar surface area (TPSA) is 33.7 Å². The molecular formula is C14H18BrF3N2O2. The summed E-state index contributed by atoms with van der Waals surface area (Å²) in [6, 6.07) is 4.75. The highest BCUT2D eigenvalue weighted by molar-refractivity contribution is 9.10. The van der Waals surface area contributed by atoms with E-state index in [0.717, 1.165) is 26.2 Å². The maximum Gasteiger partial charge on any atom is 0.573 e. The number of piperazine rings is 1. The molecule has 2 rings (SSSR count). The highest BCUT2D eigenvalue weighted by Gasteiger charge is 2.32. The van der Waals surface area contributed by atoms with Gasteiger partial charge in [0.1, 0.15) is 18.1 Å². The quantitative estimate of drug-likeness (QED) is 0.848. The second kappa shape index (κ2) is 7.52. The van der Waals surface area contributed by atoms with Crippen molar-refractivity contribution in [3.8, 4) is 11.5 Å². The minimum absolute atomic E-state index is 0.230. The molecule has 1 aliphatic rings. The molecule has 1 saturated heterocycles. The van der Waals surface area contributed by atoms with Gasteiger partial charge in [0.2, 0.25) is 0 Å². The number of halogens is 4. The minimum Gasteiger partial charge on any atom is -0.492 e. The molecule has 0 saturated carbocycles. The van der Waals surface area contributed by atoms with E-state index in [-0.39, 0.29) is 10.2 Å². The van der Waals surface area contributed by atoms with Gasteiger partial charge in [-0.15, -0.1) is 13.2 Å². The number of alkyl halides is 3. The van der Waals surface area contributed by atoms with Gasteiger partial charge in [-0.3, -0.25) is 4.90 Å². The molecular weight excluding hydrogens is 365 g/mol. The van der Waals surface area contributed by atoms with Gasteiger partial charge in [-0.1, -0.05) is 0 Å². The van der Waals surface area contributed by atoms with Crippen molar-refractivity contribution in [2.75, 3.05) is 32.8 Å². The van der Waals surface area contributed by atoms with Crippen LogP contribution in [0.3, 0.4) is 0 Å². The zero-order chi connectivity index (χ0) is 16.2. The lowest BCUT2D eigenvalue weighted by Crippen LogP contribution is -2.50. The van der Waals surface area contributed by atoms with Crippen molar-refractivity contribution in [2.24, 2.45) is 0 Å². The van der Waals surface area contributed by atoms with E-state index >= 15 is 0 Å². The van der Waals surface area contributed by atoms with Crippen LogP contribution in [0.15, 0.2) is 22.7 Å². The molecule has 22 heavy (non-hydrogen) atoms. The van der Waals surface area contributed by atoms with Crippen LogP contribution in [0.25, 0.3) is 0 Å². The van der Waals surface area contributed by atoms with Gasteiger partial charge >= 0.3 is 6.36 Å². The van der Waals surface area contributed by atoms with Crippen LogP contribution in [0, 0.1) is 0 Å². The number of hydrogen-bond donors (Lipinski definition) is 1. The largest absolute Gasteiger partial charge is 0.573 e. The van der Waals surface area contributed by atoms with Crippen LogP contribution >= 0.6 is 15.9 Å². The maximum absolute atomic E-state index is 12.3. The predicted octanol–water partition coefficient (Wildman–Crippen LogP) is 3.02. The van der Waals surface area contributed by atoms with Crippen molar-refractivity contribution < 1.29 is 22.6 Å². The van der Waals surface area contributed by atoms with Crippen LogP contribution in [0.4, 0.5) is 13.2 Å². The Bertz CT molecular complexity index is 499. The molecule has 8 heteroatoms. The molecule has 1 aromatic carbocycles. The summed E-state index contributed by atoms with van der Waals surface area (Å²) < 4.78 is 46.6. The van der Waals surface area contributed by atoms with Crippen molar-refractivity contribution in [3.63, 3.8) is 0 Å². The molecule has 0 radical (unpaired) electrons. The molecule has 0 aliphatic carbocycles. The third-order valence-electron chi connectivity index (χ3n) is 3.26. The summed E-state index contributed by atoms with van der Waals surface area (Å²) in [6.45, 7) is 6.07. The van der Waals surface area contributed by atoms with Crippen LogP contribution in [-0.4, -0.2) is 50.1 Å². The Balaban J connectivity index is 1.86. The number of ether oxygens (including phenoxy) is 2. The standard InChI is InChI=1S/C14H18BrF3N2O2/c1-10-9-20(5-4-19-10)6-7-21-11-2-3-12(15)13(8-11)22-14(16,17)18/h2-3,8,10,19H,4-7,9H2,1H3. The fourth-order valence-electron chi connectivity index (χ4n) is 2.28. The van der Waals surface area contributed by atoms with Crippen molar-refractivity contribution in [1.29, 1.82) is 0 Å². The first-order valence-electron chi connectivity index (χ1n) is 6.97. The van der Waals surface area contributed by atoms with Crippen molar-refractivity contribution in [1.82, 2.24) is 10.2 Å². The molecule has 1 aromatic rings. The van der Waals surface area contributed by atoms with E-state index in [1.165, 1.54) is 12.1 Å². The van der Waals surface area contributed by atoms with Crippen LogP contribution in [-0.2, 0) is 0 Å². The van der Waals surface area contributed by atoms with E-state index in [2.05, 4.69) is 37.8 Å². The number of benzene rings is 1. The lowest BCUT2D eigenvalue weighted by Gasteiger charge is -2.31. The van der Waals surface area contributed by atoms with Crippen molar-refractivity contribution in [3.05, 3.63) is 22.7 Å².